The molecule has 0 spiro atoms. The SMILES string of the molecule is CCOc1ccc(Nc2nnc(Cc3ccc(Cl)cc3)c(=O)[nH]2)cc1. The molecule has 0 saturated heterocycles. The number of hydrogen-bond acceptors (Lipinski definition) is 5. The van der Waals surface area contributed by atoms with E-state index >= 15 is 0 Å². The van der Waals surface area contributed by atoms with E-state index in [1.165, 1.54) is 0 Å². The van der Waals surface area contributed by atoms with Gasteiger partial charge in [0, 0.05) is 17.1 Å². The van der Waals surface area contributed by atoms with Crippen molar-refractivity contribution in [3.63, 3.8) is 0 Å². The van der Waals surface area contributed by atoms with Crippen LogP contribution in [-0.4, -0.2) is 21.8 Å². The lowest BCUT2D eigenvalue weighted by atomic mass is 10.1. The lowest BCUT2D eigenvalue weighted by Crippen LogP contribution is -2.18. The number of rotatable bonds is 6. The van der Waals surface area contributed by atoms with Crippen LogP contribution in [0.1, 0.15) is 18.2 Å². The fraction of sp³-hybridized carbons (Fsp3) is 0.167. The molecular formula is C18H17ClN4O2. The summed E-state index contributed by atoms with van der Waals surface area (Å²) in [5.74, 6) is 1.07. The van der Waals surface area contributed by atoms with Crippen molar-refractivity contribution < 1.29 is 4.74 Å². The molecule has 1 heterocycles. The summed E-state index contributed by atoms with van der Waals surface area (Å²) in [6.45, 7) is 2.54. The highest BCUT2D eigenvalue weighted by molar-refractivity contribution is 6.30. The zero-order valence-corrected chi connectivity index (χ0v) is 14.4. The van der Waals surface area contributed by atoms with Gasteiger partial charge in [-0.3, -0.25) is 9.78 Å². The molecule has 1 aromatic heterocycles. The van der Waals surface area contributed by atoms with Crippen molar-refractivity contribution in [3.8, 4) is 5.75 Å². The van der Waals surface area contributed by atoms with Gasteiger partial charge < -0.3 is 10.1 Å². The number of aromatic nitrogens is 3. The summed E-state index contributed by atoms with van der Waals surface area (Å²) in [5.41, 5.74) is 1.79. The molecule has 6 nitrogen and oxygen atoms in total. The van der Waals surface area contributed by atoms with Gasteiger partial charge in [0.15, 0.2) is 0 Å². The first-order valence-corrected chi connectivity index (χ1v) is 8.22. The Kier molecular flexibility index (Phi) is 5.30. The molecule has 128 valence electrons. The molecule has 3 aromatic rings. The summed E-state index contributed by atoms with van der Waals surface area (Å²) in [5, 5.41) is 11.7. The second-order valence-corrected chi connectivity index (χ2v) is 5.77. The number of halogens is 1. The van der Waals surface area contributed by atoms with E-state index in [-0.39, 0.29) is 11.5 Å². The zero-order valence-electron chi connectivity index (χ0n) is 13.6. The molecule has 0 saturated carbocycles. The standard InChI is InChI=1S/C18H17ClN4O2/c1-2-25-15-9-7-14(8-10-15)20-18-21-17(24)16(22-23-18)11-12-3-5-13(19)6-4-12/h3-10H,2,11H2,1H3,(H2,20,21,23,24). The highest BCUT2D eigenvalue weighted by Crippen LogP contribution is 2.17. The maximum atomic E-state index is 12.2. The van der Waals surface area contributed by atoms with Gasteiger partial charge in [-0.15, -0.1) is 10.2 Å². The van der Waals surface area contributed by atoms with E-state index in [1.807, 2.05) is 43.3 Å². The van der Waals surface area contributed by atoms with E-state index in [1.54, 1.807) is 12.1 Å². The smallest absolute Gasteiger partial charge is 0.274 e. The molecule has 0 bridgehead atoms. The molecule has 0 unspecified atom stereocenters. The van der Waals surface area contributed by atoms with E-state index in [2.05, 4.69) is 20.5 Å². The average molecular weight is 357 g/mol. The van der Waals surface area contributed by atoms with E-state index < -0.39 is 0 Å². The number of anilines is 2. The highest BCUT2D eigenvalue weighted by atomic mass is 35.5. The summed E-state index contributed by atoms with van der Waals surface area (Å²) in [6.07, 6.45) is 0.392. The lowest BCUT2D eigenvalue weighted by molar-refractivity contribution is 0.340. The fourth-order valence-electron chi connectivity index (χ4n) is 2.27. The quantitative estimate of drug-likeness (QED) is 0.706. The Hall–Kier alpha value is -2.86. The Morgan fingerprint density at radius 1 is 1.08 bits per heavy atom. The molecule has 0 radical (unpaired) electrons. The molecule has 0 amide bonds. The van der Waals surface area contributed by atoms with Crippen LogP contribution >= 0.6 is 11.6 Å². The Morgan fingerprint density at radius 2 is 1.80 bits per heavy atom. The van der Waals surface area contributed by atoms with Crippen LogP contribution in [0.3, 0.4) is 0 Å². The van der Waals surface area contributed by atoms with Crippen LogP contribution < -0.4 is 15.6 Å². The van der Waals surface area contributed by atoms with Crippen molar-refractivity contribution in [1.82, 2.24) is 15.2 Å². The number of hydrogen-bond donors (Lipinski definition) is 2. The lowest BCUT2D eigenvalue weighted by Gasteiger charge is -2.07. The summed E-state index contributed by atoms with van der Waals surface area (Å²) in [7, 11) is 0. The minimum absolute atomic E-state index is 0.279. The molecule has 0 aliphatic rings. The largest absolute Gasteiger partial charge is 0.494 e. The molecular weight excluding hydrogens is 340 g/mol. The molecule has 0 atom stereocenters. The Labute approximate surface area is 149 Å². The van der Waals surface area contributed by atoms with Crippen LogP contribution in [0.15, 0.2) is 53.3 Å². The number of aromatic amines is 1. The zero-order chi connectivity index (χ0) is 17.6. The van der Waals surface area contributed by atoms with E-state index in [9.17, 15) is 4.79 Å². The predicted octanol–water partition coefficient (Wildman–Crippen LogP) is 3.55. The third-order valence-electron chi connectivity index (χ3n) is 3.48. The van der Waals surface area contributed by atoms with E-state index in [4.69, 9.17) is 16.3 Å². The van der Waals surface area contributed by atoms with Crippen LogP contribution in [0.2, 0.25) is 5.02 Å². The Balaban J connectivity index is 1.70. The molecule has 7 heteroatoms. The van der Waals surface area contributed by atoms with Crippen molar-refractivity contribution in [2.45, 2.75) is 13.3 Å². The molecule has 25 heavy (non-hydrogen) atoms. The van der Waals surface area contributed by atoms with Gasteiger partial charge in [0.2, 0.25) is 5.95 Å². The van der Waals surface area contributed by atoms with Gasteiger partial charge in [-0.1, -0.05) is 23.7 Å². The minimum Gasteiger partial charge on any atom is -0.494 e. The maximum absolute atomic E-state index is 12.2. The first-order chi connectivity index (χ1) is 12.1. The van der Waals surface area contributed by atoms with Crippen LogP contribution in [-0.2, 0) is 6.42 Å². The monoisotopic (exact) mass is 356 g/mol. The second-order valence-electron chi connectivity index (χ2n) is 5.34. The third-order valence-corrected chi connectivity index (χ3v) is 3.73. The van der Waals surface area contributed by atoms with Gasteiger partial charge >= 0.3 is 0 Å². The average Bonchev–Trinajstić information content (AvgIpc) is 2.61. The van der Waals surface area contributed by atoms with Crippen molar-refractivity contribution in [3.05, 3.63) is 75.2 Å². The van der Waals surface area contributed by atoms with Crippen LogP contribution in [0.25, 0.3) is 0 Å². The van der Waals surface area contributed by atoms with Gasteiger partial charge in [-0.25, -0.2) is 0 Å². The summed E-state index contributed by atoms with van der Waals surface area (Å²) in [4.78, 5) is 14.9. The van der Waals surface area contributed by atoms with Crippen LogP contribution in [0.4, 0.5) is 11.6 Å². The van der Waals surface area contributed by atoms with E-state index in [0.717, 1.165) is 17.0 Å². The Morgan fingerprint density at radius 3 is 2.44 bits per heavy atom. The Bertz CT molecular complexity index is 892. The predicted molar refractivity (Wildman–Crippen MR) is 97.8 cm³/mol. The van der Waals surface area contributed by atoms with Crippen LogP contribution in [0.5, 0.6) is 5.75 Å². The summed E-state index contributed by atoms with van der Waals surface area (Å²) < 4.78 is 5.39. The number of H-pyrrole nitrogens is 1. The molecule has 2 N–H and O–H groups in total. The van der Waals surface area contributed by atoms with Gasteiger partial charge in [-0.2, -0.15) is 0 Å². The molecule has 0 aliphatic heterocycles. The summed E-state index contributed by atoms with van der Waals surface area (Å²) in [6, 6.07) is 14.6. The number of ether oxygens (including phenoxy) is 1. The topological polar surface area (TPSA) is 79.9 Å². The third kappa shape index (κ3) is 4.58. The first-order valence-electron chi connectivity index (χ1n) is 7.84. The number of nitrogens with zero attached hydrogens (tertiary/aromatic N) is 2. The normalized spacial score (nSPS) is 10.5. The van der Waals surface area contributed by atoms with Crippen molar-refractivity contribution in [1.29, 1.82) is 0 Å². The summed E-state index contributed by atoms with van der Waals surface area (Å²) >= 11 is 5.86. The fourth-order valence-corrected chi connectivity index (χ4v) is 2.39. The van der Waals surface area contributed by atoms with Gasteiger partial charge in [0.05, 0.1) is 6.61 Å². The van der Waals surface area contributed by atoms with Gasteiger partial charge in [-0.05, 0) is 48.9 Å². The minimum atomic E-state index is -0.279. The van der Waals surface area contributed by atoms with Crippen molar-refractivity contribution >= 4 is 23.2 Å². The molecule has 2 aromatic carbocycles. The highest BCUT2D eigenvalue weighted by Gasteiger charge is 2.07. The molecule has 3 rings (SSSR count). The number of benzene rings is 2. The van der Waals surface area contributed by atoms with Crippen molar-refractivity contribution in [2.75, 3.05) is 11.9 Å². The molecule has 0 aliphatic carbocycles. The second kappa shape index (κ2) is 7.81. The first kappa shape index (κ1) is 17.0. The van der Waals surface area contributed by atoms with Crippen LogP contribution in [0, 0.1) is 0 Å². The van der Waals surface area contributed by atoms with Crippen molar-refractivity contribution in [2.24, 2.45) is 0 Å². The van der Waals surface area contributed by atoms with Gasteiger partial charge in [0.1, 0.15) is 11.4 Å². The maximum Gasteiger partial charge on any atom is 0.274 e. The van der Waals surface area contributed by atoms with Gasteiger partial charge in [0.25, 0.3) is 5.56 Å². The van der Waals surface area contributed by atoms with E-state index in [0.29, 0.717) is 23.7 Å². The molecule has 0 fully saturated rings. The number of nitrogens with one attached hydrogen (secondary N) is 2.